The molecule has 0 unspecified atom stereocenters. The molecule has 16 heavy (non-hydrogen) atoms. The van der Waals surface area contributed by atoms with Crippen LogP contribution in [0.2, 0.25) is 0 Å². The minimum absolute atomic E-state index is 0.00169. The van der Waals surface area contributed by atoms with Gasteiger partial charge in [-0.05, 0) is 25.7 Å². The fourth-order valence-electron chi connectivity index (χ4n) is 1.88. The molecule has 90 valence electrons. The van der Waals surface area contributed by atoms with Crippen LogP contribution in [0.25, 0.3) is 0 Å². The maximum absolute atomic E-state index is 11.5. The molecule has 2 rings (SSSR count). The van der Waals surface area contributed by atoms with Crippen molar-refractivity contribution in [1.29, 1.82) is 0 Å². The van der Waals surface area contributed by atoms with E-state index in [9.17, 15) is 9.59 Å². The molecule has 1 aliphatic carbocycles. The normalized spacial score (nSPS) is 19.6. The van der Waals surface area contributed by atoms with Gasteiger partial charge in [0.1, 0.15) is 0 Å². The number of hydrogen-bond acceptors (Lipinski definition) is 2. The zero-order valence-corrected chi connectivity index (χ0v) is 9.50. The van der Waals surface area contributed by atoms with Crippen molar-refractivity contribution in [1.82, 2.24) is 15.5 Å². The van der Waals surface area contributed by atoms with Crippen molar-refractivity contribution in [3.05, 3.63) is 0 Å². The average Bonchev–Trinajstić information content (AvgIpc) is 2.99. The van der Waals surface area contributed by atoms with E-state index in [1.54, 1.807) is 0 Å². The van der Waals surface area contributed by atoms with Gasteiger partial charge in [-0.1, -0.05) is 0 Å². The smallest absolute Gasteiger partial charge is 0.317 e. The Morgan fingerprint density at radius 3 is 2.31 bits per heavy atom. The van der Waals surface area contributed by atoms with Gasteiger partial charge in [-0.15, -0.1) is 0 Å². The Morgan fingerprint density at radius 1 is 1.06 bits per heavy atom. The number of carbonyl (C=O) groups is 2. The number of carbonyl (C=O) groups excluding carboxylic acids is 2. The lowest BCUT2D eigenvalue weighted by Crippen LogP contribution is -2.41. The number of amides is 3. The fraction of sp³-hybridized carbons (Fsp3) is 0.818. The largest absolute Gasteiger partial charge is 0.354 e. The third-order valence-electron chi connectivity index (χ3n) is 3.04. The summed E-state index contributed by atoms with van der Waals surface area (Å²) in [5.41, 5.74) is 0. The summed E-state index contributed by atoms with van der Waals surface area (Å²) in [7, 11) is 0. The van der Waals surface area contributed by atoms with Gasteiger partial charge >= 0.3 is 6.03 Å². The summed E-state index contributed by atoms with van der Waals surface area (Å²) < 4.78 is 0. The van der Waals surface area contributed by atoms with E-state index in [0.29, 0.717) is 13.1 Å². The quantitative estimate of drug-likeness (QED) is 0.677. The minimum atomic E-state index is -0.00169. The highest BCUT2D eigenvalue weighted by atomic mass is 16.2. The van der Waals surface area contributed by atoms with E-state index in [1.807, 2.05) is 4.90 Å². The highest BCUT2D eigenvalue weighted by molar-refractivity contribution is 5.80. The van der Waals surface area contributed by atoms with E-state index in [2.05, 4.69) is 10.6 Å². The van der Waals surface area contributed by atoms with Gasteiger partial charge in [0.25, 0.3) is 0 Å². The molecule has 0 spiro atoms. The van der Waals surface area contributed by atoms with Crippen LogP contribution in [0.5, 0.6) is 0 Å². The maximum Gasteiger partial charge on any atom is 0.317 e. The van der Waals surface area contributed by atoms with Crippen LogP contribution in [0.15, 0.2) is 0 Å². The van der Waals surface area contributed by atoms with Crippen LogP contribution in [0.4, 0.5) is 4.79 Å². The lowest BCUT2D eigenvalue weighted by molar-refractivity contribution is -0.122. The van der Waals surface area contributed by atoms with Crippen LogP contribution >= 0.6 is 0 Å². The molecule has 2 fully saturated rings. The zero-order valence-electron chi connectivity index (χ0n) is 9.50. The number of likely N-dealkylation sites (tertiary alicyclic amines) is 1. The minimum Gasteiger partial charge on any atom is -0.354 e. The Labute approximate surface area is 95.6 Å². The van der Waals surface area contributed by atoms with Crippen LogP contribution in [0.1, 0.15) is 25.7 Å². The average molecular weight is 225 g/mol. The van der Waals surface area contributed by atoms with E-state index < -0.39 is 0 Å². The molecule has 0 aromatic rings. The first-order valence-corrected chi connectivity index (χ1v) is 6.08. The summed E-state index contributed by atoms with van der Waals surface area (Å²) in [4.78, 5) is 24.6. The number of rotatable bonds is 4. The first-order chi connectivity index (χ1) is 7.77. The molecule has 1 saturated heterocycles. The predicted octanol–water partition coefficient (Wildman–Crippen LogP) is 0.318. The van der Waals surface area contributed by atoms with Gasteiger partial charge in [-0.25, -0.2) is 4.79 Å². The zero-order chi connectivity index (χ0) is 11.4. The monoisotopic (exact) mass is 225 g/mol. The van der Waals surface area contributed by atoms with Gasteiger partial charge in [0.05, 0.1) is 0 Å². The molecule has 0 aromatic heterocycles. The van der Waals surface area contributed by atoms with Crippen molar-refractivity contribution in [2.24, 2.45) is 5.92 Å². The molecule has 1 heterocycles. The van der Waals surface area contributed by atoms with Crippen molar-refractivity contribution < 1.29 is 9.59 Å². The molecule has 0 atom stereocenters. The third-order valence-corrected chi connectivity index (χ3v) is 3.04. The van der Waals surface area contributed by atoms with Crippen molar-refractivity contribution >= 4 is 11.9 Å². The van der Waals surface area contributed by atoms with E-state index in [1.165, 1.54) is 0 Å². The van der Waals surface area contributed by atoms with E-state index in [-0.39, 0.29) is 17.9 Å². The lowest BCUT2D eigenvalue weighted by Gasteiger charge is -2.16. The van der Waals surface area contributed by atoms with Gasteiger partial charge in [-0.3, -0.25) is 4.79 Å². The van der Waals surface area contributed by atoms with Crippen LogP contribution in [0, 0.1) is 5.92 Å². The molecular formula is C11H19N3O2. The van der Waals surface area contributed by atoms with Crippen LogP contribution in [-0.2, 0) is 4.79 Å². The summed E-state index contributed by atoms with van der Waals surface area (Å²) in [6.45, 7) is 2.78. The van der Waals surface area contributed by atoms with E-state index in [0.717, 1.165) is 38.8 Å². The molecular weight excluding hydrogens is 206 g/mol. The van der Waals surface area contributed by atoms with Crippen molar-refractivity contribution in [2.45, 2.75) is 25.7 Å². The second-order valence-corrected chi connectivity index (χ2v) is 4.49. The molecule has 2 N–H and O–H groups in total. The van der Waals surface area contributed by atoms with Gasteiger partial charge in [0, 0.05) is 32.1 Å². The highest BCUT2D eigenvalue weighted by Crippen LogP contribution is 2.28. The standard InChI is InChI=1S/C11H19N3O2/c15-10(9-3-4-9)12-5-6-13-11(16)14-7-1-2-8-14/h9H,1-8H2,(H,12,15)(H,13,16). The van der Waals surface area contributed by atoms with Crippen LogP contribution in [0.3, 0.4) is 0 Å². The van der Waals surface area contributed by atoms with Crippen LogP contribution < -0.4 is 10.6 Å². The van der Waals surface area contributed by atoms with Gasteiger partial charge < -0.3 is 15.5 Å². The molecule has 0 radical (unpaired) electrons. The van der Waals surface area contributed by atoms with E-state index in [4.69, 9.17) is 0 Å². The molecule has 5 nitrogen and oxygen atoms in total. The second-order valence-electron chi connectivity index (χ2n) is 4.49. The molecule has 2 aliphatic rings. The third kappa shape index (κ3) is 3.12. The summed E-state index contributed by atoms with van der Waals surface area (Å²) in [5.74, 6) is 0.379. The van der Waals surface area contributed by atoms with Crippen molar-refractivity contribution in [2.75, 3.05) is 26.2 Å². The Balaban J connectivity index is 1.53. The first-order valence-electron chi connectivity index (χ1n) is 6.08. The Hall–Kier alpha value is -1.26. The molecule has 0 bridgehead atoms. The van der Waals surface area contributed by atoms with Gasteiger partial charge in [-0.2, -0.15) is 0 Å². The van der Waals surface area contributed by atoms with Crippen molar-refractivity contribution in [3.63, 3.8) is 0 Å². The van der Waals surface area contributed by atoms with E-state index >= 15 is 0 Å². The Bertz CT molecular complexity index is 270. The number of hydrogen-bond donors (Lipinski definition) is 2. The first kappa shape index (κ1) is 11.2. The molecule has 1 saturated carbocycles. The topological polar surface area (TPSA) is 61.4 Å². The molecule has 3 amide bonds. The van der Waals surface area contributed by atoms with Gasteiger partial charge in [0.2, 0.25) is 5.91 Å². The lowest BCUT2D eigenvalue weighted by atomic mass is 10.4. The highest BCUT2D eigenvalue weighted by Gasteiger charge is 2.29. The molecule has 0 aromatic carbocycles. The summed E-state index contributed by atoms with van der Waals surface area (Å²) >= 11 is 0. The summed E-state index contributed by atoms with van der Waals surface area (Å²) in [6.07, 6.45) is 4.25. The fourth-order valence-corrected chi connectivity index (χ4v) is 1.88. The number of urea groups is 1. The summed E-state index contributed by atoms with van der Waals surface area (Å²) in [5, 5.41) is 5.63. The Kier molecular flexibility index (Phi) is 3.64. The Morgan fingerprint density at radius 2 is 1.69 bits per heavy atom. The SMILES string of the molecule is O=C(NCCNC(=O)N1CCCC1)C1CC1. The second kappa shape index (κ2) is 5.18. The summed E-state index contributed by atoms with van der Waals surface area (Å²) in [6, 6.07) is -0.00169. The molecule has 1 aliphatic heterocycles. The maximum atomic E-state index is 11.5. The number of nitrogens with one attached hydrogen (secondary N) is 2. The number of nitrogens with zero attached hydrogens (tertiary/aromatic N) is 1. The predicted molar refractivity (Wildman–Crippen MR) is 59.9 cm³/mol. The van der Waals surface area contributed by atoms with Crippen molar-refractivity contribution in [3.8, 4) is 0 Å². The van der Waals surface area contributed by atoms with Crippen LogP contribution in [-0.4, -0.2) is 43.0 Å². The molecule has 5 heteroatoms. The van der Waals surface area contributed by atoms with Gasteiger partial charge in [0.15, 0.2) is 0 Å².